The molecule has 2 fully saturated rings. The molecule has 41 heavy (non-hydrogen) atoms. The van der Waals surface area contributed by atoms with Crippen molar-refractivity contribution in [2.24, 2.45) is 0 Å². The zero-order valence-electron chi connectivity index (χ0n) is 30.5. The Hall–Kier alpha value is -2.20. The lowest BCUT2D eigenvalue weighted by molar-refractivity contribution is -0.130. The van der Waals surface area contributed by atoms with Crippen LogP contribution in [0.25, 0.3) is 0 Å². The Bertz CT molecular complexity index is 843. The van der Waals surface area contributed by atoms with E-state index in [9.17, 15) is 19.2 Å². The van der Waals surface area contributed by atoms with Gasteiger partial charge in [0.15, 0.2) is 0 Å². The summed E-state index contributed by atoms with van der Waals surface area (Å²) in [6.45, 7) is 16.2. The van der Waals surface area contributed by atoms with Crippen molar-refractivity contribution in [2.75, 3.05) is 41.8 Å². The molecule has 2 N–H and O–H groups in total. The maximum Gasteiger partial charge on any atom is 0.237 e. The molecule has 2 rings (SSSR count). The Morgan fingerprint density at radius 2 is 1.34 bits per heavy atom. The van der Waals surface area contributed by atoms with Crippen molar-refractivity contribution >= 4 is 24.6 Å². The number of nitrogens with zero attached hydrogens (tertiary/aromatic N) is 4. The van der Waals surface area contributed by atoms with Gasteiger partial charge in [0.1, 0.15) is 2.74 Å². The average molecular weight is 587 g/mol. The highest BCUT2D eigenvalue weighted by Gasteiger charge is 2.37. The van der Waals surface area contributed by atoms with E-state index in [2.05, 4.69) is 10.6 Å². The largest absolute Gasteiger partial charge is 0.350 e. The van der Waals surface area contributed by atoms with Crippen LogP contribution in [0.2, 0.25) is 0 Å². The van der Waals surface area contributed by atoms with E-state index in [1.807, 2.05) is 93.4 Å². The van der Waals surface area contributed by atoms with Crippen LogP contribution in [0.1, 0.15) is 103 Å². The first-order valence-electron chi connectivity index (χ1n) is 16.5. The number of likely N-dealkylation sites (N-methyl/N-ethyl adjacent to an activating group) is 3. The first-order chi connectivity index (χ1) is 20.0. The number of likely N-dealkylation sites (tertiary alicyclic amines) is 1. The van der Waals surface area contributed by atoms with Gasteiger partial charge in [0.25, 0.3) is 0 Å². The van der Waals surface area contributed by atoms with Gasteiger partial charge in [0.05, 0.1) is 29.7 Å². The minimum absolute atomic E-state index is 0.0206. The molecule has 10 nitrogen and oxygen atoms in total. The SMILES string of the molecule is CC.CC.[2H]C(=O)N(C)C1CCCCC1NC(=O)C(C)N(C)C.[2H]C(=O)N1CCCCC1C(C)(C)NC(=O)C(C)N(C)C. The Kier molecular flexibility index (Phi) is 19.3. The zero-order chi connectivity index (χ0) is 34.1. The predicted octanol–water partition coefficient (Wildman–Crippen LogP) is 3.35. The number of nitrogens with one attached hydrogen (secondary N) is 2. The molecule has 242 valence electrons. The summed E-state index contributed by atoms with van der Waals surface area (Å²) in [5, 5.41) is 6.06. The number of amides is 4. The molecule has 5 atom stereocenters. The summed E-state index contributed by atoms with van der Waals surface area (Å²) in [7, 11) is 9.08. The molecular weight excluding hydrogens is 520 g/mol. The predicted molar refractivity (Wildman–Crippen MR) is 170 cm³/mol. The maximum atomic E-state index is 12.2. The summed E-state index contributed by atoms with van der Waals surface area (Å²) in [4.78, 5) is 53.7. The smallest absolute Gasteiger partial charge is 0.237 e. The summed E-state index contributed by atoms with van der Waals surface area (Å²) in [6, 6.07) is -0.628. The fraction of sp³-hybridized carbons (Fsp3) is 0.871. The van der Waals surface area contributed by atoms with Gasteiger partial charge in [0.2, 0.25) is 24.6 Å². The van der Waals surface area contributed by atoms with Crippen LogP contribution in [0.15, 0.2) is 0 Å². The maximum absolute atomic E-state index is 12.2. The number of piperidine rings is 1. The van der Waals surface area contributed by atoms with Gasteiger partial charge in [-0.15, -0.1) is 0 Å². The second-order valence-corrected chi connectivity index (χ2v) is 11.5. The Morgan fingerprint density at radius 1 is 0.854 bits per heavy atom. The highest BCUT2D eigenvalue weighted by molar-refractivity contribution is 5.82. The molecule has 0 bridgehead atoms. The van der Waals surface area contributed by atoms with Crippen molar-refractivity contribution in [1.82, 2.24) is 30.2 Å². The first kappa shape index (κ1) is 36.8. The van der Waals surface area contributed by atoms with Crippen molar-refractivity contribution in [1.29, 1.82) is 0 Å². The van der Waals surface area contributed by atoms with Crippen molar-refractivity contribution in [3.8, 4) is 0 Å². The fourth-order valence-electron chi connectivity index (χ4n) is 4.88. The lowest BCUT2D eigenvalue weighted by Crippen LogP contribution is -2.61. The monoisotopic (exact) mass is 587 g/mol. The summed E-state index contributed by atoms with van der Waals surface area (Å²) >= 11 is 0. The van der Waals surface area contributed by atoms with Crippen LogP contribution in [0.5, 0.6) is 0 Å². The lowest BCUT2D eigenvalue weighted by Gasteiger charge is -2.44. The van der Waals surface area contributed by atoms with E-state index in [0.717, 1.165) is 44.9 Å². The molecule has 0 radical (unpaired) electrons. The molecule has 5 unspecified atom stereocenters. The van der Waals surface area contributed by atoms with Crippen LogP contribution < -0.4 is 10.6 Å². The minimum atomic E-state index is -0.688. The topological polar surface area (TPSA) is 105 Å². The van der Waals surface area contributed by atoms with E-state index in [-0.39, 0.29) is 42.0 Å². The summed E-state index contributed by atoms with van der Waals surface area (Å²) < 4.78 is 14.6. The van der Waals surface area contributed by atoms with E-state index < -0.39 is 18.3 Å². The van der Waals surface area contributed by atoms with E-state index in [1.54, 1.807) is 11.9 Å². The third kappa shape index (κ3) is 14.0. The lowest BCUT2D eigenvalue weighted by atomic mass is 9.86. The molecule has 2 aliphatic rings. The molecule has 1 saturated carbocycles. The van der Waals surface area contributed by atoms with Crippen LogP contribution in [-0.4, -0.2) is 122 Å². The van der Waals surface area contributed by atoms with Crippen LogP contribution in [0.3, 0.4) is 0 Å². The van der Waals surface area contributed by atoms with Crippen molar-refractivity contribution < 1.29 is 21.9 Å². The molecule has 0 aromatic rings. The van der Waals surface area contributed by atoms with Gasteiger partial charge >= 0.3 is 0 Å². The van der Waals surface area contributed by atoms with E-state index in [1.165, 1.54) is 4.90 Å². The fourth-order valence-corrected chi connectivity index (χ4v) is 4.88. The first-order valence-corrected chi connectivity index (χ1v) is 15.5. The number of carbonyl (C=O) groups is 4. The number of hydrogen-bond acceptors (Lipinski definition) is 6. The molecule has 1 saturated heterocycles. The van der Waals surface area contributed by atoms with Crippen LogP contribution in [-0.2, 0) is 19.2 Å². The van der Waals surface area contributed by atoms with Crippen LogP contribution in [0.4, 0.5) is 0 Å². The van der Waals surface area contributed by atoms with Gasteiger partial charge in [-0.25, -0.2) is 0 Å². The van der Waals surface area contributed by atoms with Gasteiger partial charge in [-0.1, -0.05) is 40.5 Å². The van der Waals surface area contributed by atoms with E-state index in [4.69, 9.17) is 2.74 Å². The Morgan fingerprint density at radius 3 is 1.83 bits per heavy atom. The van der Waals surface area contributed by atoms with Crippen molar-refractivity contribution in [2.45, 2.75) is 136 Å². The summed E-state index contributed by atoms with van der Waals surface area (Å²) in [5.41, 5.74) is -0.529. The van der Waals surface area contributed by atoms with Gasteiger partial charge in [0, 0.05) is 19.6 Å². The molecule has 1 heterocycles. The molecule has 4 amide bonds. The Balaban J connectivity index is 0. The van der Waals surface area contributed by atoms with Gasteiger partial charge < -0.3 is 20.4 Å². The van der Waals surface area contributed by atoms with Crippen molar-refractivity contribution in [3.63, 3.8) is 0 Å². The molecule has 0 spiro atoms. The molecule has 0 aromatic carbocycles. The standard InChI is InChI=1S/C14H27N3O2.C13H25N3O2.2C2H6/c1-11(16(4)5)13(19)15-14(2,3)12-8-6-7-9-17(12)10-18;1-10(15(2)3)13(18)14-11-7-5-6-8-12(11)16(4)9-17;2*1-2/h10-12H,6-9H2,1-5H3,(H,15,19);9-12H,5-8H2,1-4H3,(H,14,18);2*1-2H3/i10D;9D;;. The minimum Gasteiger partial charge on any atom is -0.350 e. The summed E-state index contributed by atoms with van der Waals surface area (Å²) in [6.07, 6.45) is 5.25. The molecule has 1 aliphatic carbocycles. The van der Waals surface area contributed by atoms with Crippen LogP contribution >= 0.6 is 0 Å². The van der Waals surface area contributed by atoms with Gasteiger partial charge in [-0.05, 0) is 88.0 Å². The van der Waals surface area contributed by atoms with E-state index >= 15 is 0 Å². The highest BCUT2D eigenvalue weighted by atomic mass is 16.2. The molecule has 1 aliphatic heterocycles. The molecular formula is C31H64N6O4. The summed E-state index contributed by atoms with van der Waals surface area (Å²) in [5.74, 6) is -0.0734. The van der Waals surface area contributed by atoms with Crippen molar-refractivity contribution in [3.05, 3.63) is 0 Å². The number of carbonyl (C=O) groups excluding carboxylic acids is 4. The number of rotatable bonds is 8. The van der Waals surface area contributed by atoms with Gasteiger partial charge in [-0.3, -0.25) is 29.0 Å². The second-order valence-electron chi connectivity index (χ2n) is 11.5. The van der Waals surface area contributed by atoms with Crippen LogP contribution in [0, 0.1) is 0 Å². The third-order valence-electron chi connectivity index (χ3n) is 7.91. The zero-order valence-corrected chi connectivity index (χ0v) is 28.5. The van der Waals surface area contributed by atoms with E-state index in [0.29, 0.717) is 6.54 Å². The molecule has 10 heteroatoms. The molecule has 0 aromatic heterocycles. The highest BCUT2D eigenvalue weighted by Crippen LogP contribution is 2.25. The van der Waals surface area contributed by atoms with Gasteiger partial charge in [-0.2, -0.15) is 0 Å². The number of hydrogen-bond donors (Lipinski definition) is 2. The second kappa shape index (κ2) is 21.5. The normalized spacial score (nSPS) is 22.5. The third-order valence-corrected chi connectivity index (χ3v) is 7.91. The average Bonchev–Trinajstić information content (AvgIpc) is 2.98. The quantitative estimate of drug-likeness (QED) is 0.423. The Labute approximate surface area is 254 Å².